The number of benzene rings is 1. The molecule has 0 radical (unpaired) electrons. The van der Waals surface area contributed by atoms with Gasteiger partial charge in [0.25, 0.3) is 0 Å². The number of ether oxygens (including phenoxy) is 1. The Hall–Kier alpha value is -2.08. The van der Waals surface area contributed by atoms with Crippen molar-refractivity contribution in [1.29, 1.82) is 0 Å². The molecule has 110 valence electrons. The summed E-state index contributed by atoms with van der Waals surface area (Å²) in [4.78, 5) is 22.7. The van der Waals surface area contributed by atoms with Gasteiger partial charge in [0, 0.05) is 11.8 Å². The maximum atomic E-state index is 11.7. The van der Waals surface area contributed by atoms with Gasteiger partial charge in [-0.05, 0) is 18.6 Å². The number of carboxylic acid groups (broad SMARTS) is 1. The summed E-state index contributed by atoms with van der Waals surface area (Å²) >= 11 is 0. The lowest BCUT2D eigenvalue weighted by atomic mass is 10.2. The van der Waals surface area contributed by atoms with E-state index in [-0.39, 0.29) is 12.5 Å². The molecule has 0 spiro atoms. The number of amides is 1. The van der Waals surface area contributed by atoms with Crippen molar-refractivity contribution in [2.75, 3.05) is 19.0 Å². The quantitative estimate of drug-likeness (QED) is 0.671. The molecule has 0 heterocycles. The number of anilines is 1. The molecule has 6 heteroatoms. The lowest BCUT2D eigenvalue weighted by Crippen LogP contribution is -2.41. The molecule has 0 aliphatic rings. The highest BCUT2D eigenvalue weighted by Crippen LogP contribution is 2.16. The van der Waals surface area contributed by atoms with E-state index in [2.05, 4.69) is 10.6 Å². The van der Waals surface area contributed by atoms with Crippen molar-refractivity contribution >= 4 is 17.6 Å². The van der Waals surface area contributed by atoms with E-state index < -0.39 is 12.0 Å². The molecular weight excluding hydrogens is 260 g/mol. The van der Waals surface area contributed by atoms with Crippen LogP contribution in [-0.2, 0) is 9.59 Å². The lowest BCUT2D eigenvalue weighted by molar-refractivity contribution is -0.139. The molecule has 1 aromatic carbocycles. The minimum Gasteiger partial charge on any atom is -0.497 e. The highest BCUT2D eigenvalue weighted by Gasteiger charge is 2.16. The Labute approximate surface area is 118 Å². The summed E-state index contributed by atoms with van der Waals surface area (Å²) in [5.74, 6) is -0.591. The Morgan fingerprint density at radius 3 is 2.75 bits per heavy atom. The topological polar surface area (TPSA) is 87.7 Å². The number of rotatable bonds is 8. The van der Waals surface area contributed by atoms with Gasteiger partial charge in [-0.15, -0.1) is 0 Å². The number of methoxy groups -OCH3 is 1. The van der Waals surface area contributed by atoms with Crippen molar-refractivity contribution < 1.29 is 19.4 Å². The summed E-state index contributed by atoms with van der Waals surface area (Å²) in [6, 6.07) is 6.27. The van der Waals surface area contributed by atoms with Crippen molar-refractivity contribution in [3.05, 3.63) is 24.3 Å². The van der Waals surface area contributed by atoms with E-state index in [9.17, 15) is 9.59 Å². The molecule has 6 nitrogen and oxygen atoms in total. The highest BCUT2D eigenvalue weighted by molar-refractivity contribution is 5.92. The predicted molar refractivity (Wildman–Crippen MR) is 76.0 cm³/mol. The van der Waals surface area contributed by atoms with Crippen LogP contribution in [-0.4, -0.2) is 36.7 Å². The van der Waals surface area contributed by atoms with Gasteiger partial charge in [0.1, 0.15) is 11.8 Å². The number of hydrogen-bond donors (Lipinski definition) is 3. The van der Waals surface area contributed by atoms with E-state index >= 15 is 0 Å². The molecule has 0 saturated carbocycles. The molecule has 20 heavy (non-hydrogen) atoms. The molecule has 1 atom stereocenters. The van der Waals surface area contributed by atoms with Gasteiger partial charge in [-0.2, -0.15) is 0 Å². The third-order valence-corrected chi connectivity index (χ3v) is 2.74. The number of aliphatic carboxylic acids is 1. The third-order valence-electron chi connectivity index (χ3n) is 2.74. The van der Waals surface area contributed by atoms with E-state index in [0.717, 1.165) is 6.42 Å². The Morgan fingerprint density at radius 2 is 2.15 bits per heavy atom. The van der Waals surface area contributed by atoms with Crippen molar-refractivity contribution in [2.24, 2.45) is 0 Å². The molecule has 0 bridgehead atoms. The van der Waals surface area contributed by atoms with Crippen LogP contribution in [0, 0.1) is 0 Å². The second-order valence-corrected chi connectivity index (χ2v) is 4.34. The van der Waals surface area contributed by atoms with E-state index in [1.165, 1.54) is 0 Å². The Bertz CT molecular complexity index is 462. The van der Waals surface area contributed by atoms with Gasteiger partial charge in [0.15, 0.2) is 0 Å². The molecule has 1 amide bonds. The van der Waals surface area contributed by atoms with Crippen molar-refractivity contribution in [3.63, 3.8) is 0 Å². The van der Waals surface area contributed by atoms with Crippen LogP contribution in [0.3, 0.4) is 0 Å². The van der Waals surface area contributed by atoms with Crippen LogP contribution in [0.5, 0.6) is 5.75 Å². The number of carbonyl (C=O) groups is 2. The van der Waals surface area contributed by atoms with Crippen LogP contribution >= 0.6 is 0 Å². The molecule has 1 rings (SSSR count). The zero-order valence-electron chi connectivity index (χ0n) is 11.7. The molecule has 0 aliphatic carbocycles. The van der Waals surface area contributed by atoms with E-state index in [1.54, 1.807) is 31.4 Å². The fourth-order valence-electron chi connectivity index (χ4n) is 1.72. The monoisotopic (exact) mass is 280 g/mol. The molecule has 3 N–H and O–H groups in total. The van der Waals surface area contributed by atoms with Gasteiger partial charge in [-0.1, -0.05) is 19.4 Å². The van der Waals surface area contributed by atoms with Gasteiger partial charge in [-0.25, -0.2) is 0 Å². The number of nitrogens with one attached hydrogen (secondary N) is 2. The summed E-state index contributed by atoms with van der Waals surface area (Å²) in [6.07, 6.45) is 1.23. The maximum Gasteiger partial charge on any atom is 0.320 e. The molecule has 1 unspecified atom stereocenters. The second-order valence-electron chi connectivity index (χ2n) is 4.34. The Morgan fingerprint density at radius 1 is 1.40 bits per heavy atom. The molecular formula is C14H20N2O4. The normalized spacial score (nSPS) is 11.7. The Kier molecular flexibility index (Phi) is 6.52. The summed E-state index contributed by atoms with van der Waals surface area (Å²) in [6.45, 7) is 1.85. The zero-order chi connectivity index (χ0) is 15.0. The summed E-state index contributed by atoms with van der Waals surface area (Å²) in [5.41, 5.74) is 0.610. The first-order chi connectivity index (χ1) is 9.56. The fraction of sp³-hybridized carbons (Fsp3) is 0.429. The first-order valence-corrected chi connectivity index (χ1v) is 6.47. The first kappa shape index (κ1) is 16.0. The minimum atomic E-state index is -0.943. The van der Waals surface area contributed by atoms with Crippen molar-refractivity contribution in [3.8, 4) is 5.75 Å². The first-order valence-electron chi connectivity index (χ1n) is 6.47. The van der Waals surface area contributed by atoms with E-state index in [0.29, 0.717) is 17.9 Å². The molecule has 0 saturated heterocycles. The van der Waals surface area contributed by atoms with Crippen LogP contribution in [0.15, 0.2) is 24.3 Å². The minimum absolute atomic E-state index is 0.0474. The summed E-state index contributed by atoms with van der Waals surface area (Å²) in [7, 11) is 1.55. The van der Waals surface area contributed by atoms with Gasteiger partial charge >= 0.3 is 5.97 Å². The molecule has 0 aromatic heterocycles. The Balaban J connectivity index is 2.48. The van der Waals surface area contributed by atoms with Crippen molar-refractivity contribution in [2.45, 2.75) is 25.8 Å². The number of carbonyl (C=O) groups excluding carboxylic acids is 1. The lowest BCUT2D eigenvalue weighted by Gasteiger charge is -2.13. The van der Waals surface area contributed by atoms with Gasteiger partial charge in [0.05, 0.1) is 13.7 Å². The zero-order valence-corrected chi connectivity index (χ0v) is 11.7. The van der Waals surface area contributed by atoms with Crippen LogP contribution < -0.4 is 15.4 Å². The van der Waals surface area contributed by atoms with E-state index in [4.69, 9.17) is 9.84 Å². The fourth-order valence-corrected chi connectivity index (χ4v) is 1.72. The average Bonchev–Trinajstić information content (AvgIpc) is 2.43. The van der Waals surface area contributed by atoms with E-state index in [1.807, 2.05) is 6.92 Å². The van der Waals surface area contributed by atoms with Gasteiger partial charge in [-0.3, -0.25) is 14.9 Å². The predicted octanol–water partition coefficient (Wildman–Crippen LogP) is 1.48. The molecule has 0 fully saturated rings. The second kappa shape index (κ2) is 8.16. The van der Waals surface area contributed by atoms with Gasteiger partial charge in [0.2, 0.25) is 5.91 Å². The SMILES string of the molecule is CCCC(NCC(=O)Nc1cccc(OC)c1)C(=O)O. The smallest absolute Gasteiger partial charge is 0.320 e. The summed E-state index contributed by atoms with van der Waals surface area (Å²) in [5, 5.41) is 14.4. The maximum absolute atomic E-state index is 11.7. The average molecular weight is 280 g/mol. The summed E-state index contributed by atoms with van der Waals surface area (Å²) < 4.78 is 5.05. The number of carboxylic acids is 1. The van der Waals surface area contributed by atoms with Crippen LogP contribution in [0.25, 0.3) is 0 Å². The third kappa shape index (κ3) is 5.27. The molecule has 0 aliphatic heterocycles. The van der Waals surface area contributed by atoms with Crippen LogP contribution in [0.4, 0.5) is 5.69 Å². The van der Waals surface area contributed by atoms with Gasteiger partial charge < -0.3 is 15.2 Å². The largest absolute Gasteiger partial charge is 0.497 e. The molecule has 1 aromatic rings. The van der Waals surface area contributed by atoms with Crippen LogP contribution in [0.1, 0.15) is 19.8 Å². The van der Waals surface area contributed by atoms with Crippen molar-refractivity contribution in [1.82, 2.24) is 5.32 Å². The highest BCUT2D eigenvalue weighted by atomic mass is 16.5. The van der Waals surface area contributed by atoms with Crippen LogP contribution in [0.2, 0.25) is 0 Å². The number of hydrogen-bond acceptors (Lipinski definition) is 4. The standard InChI is InChI=1S/C14H20N2O4/c1-3-5-12(14(18)19)15-9-13(17)16-10-6-4-7-11(8-10)20-2/h4,6-8,12,15H,3,5,9H2,1-2H3,(H,16,17)(H,18,19).